The Morgan fingerprint density at radius 1 is 0.920 bits per heavy atom. The maximum Gasteiger partial charge on any atom is 0.248 e. The first-order valence-corrected chi connectivity index (χ1v) is 26.2. The van der Waals surface area contributed by atoms with Gasteiger partial charge in [0.15, 0.2) is 11.5 Å². The number of ether oxygens (including phenoxy) is 5. The minimum Gasteiger partial charge on any atom is -0.495 e. The van der Waals surface area contributed by atoms with Crippen LogP contribution in [0.1, 0.15) is 50.4 Å². The lowest BCUT2D eigenvalue weighted by Gasteiger charge is -2.35. The van der Waals surface area contributed by atoms with Gasteiger partial charge in [-0.05, 0) is 42.0 Å². The van der Waals surface area contributed by atoms with Crippen LogP contribution in [-0.2, 0) is 35.2 Å². The third kappa shape index (κ3) is 14.5. The zero-order chi connectivity index (χ0) is 53.8. The Morgan fingerprint density at radius 3 is 2.31 bits per heavy atom. The summed E-state index contributed by atoms with van der Waals surface area (Å²) < 4.78 is 28.4. The van der Waals surface area contributed by atoms with E-state index in [0.717, 1.165) is 28.2 Å². The number of aryl methyl sites for hydroxylation is 1. The van der Waals surface area contributed by atoms with E-state index in [1.165, 1.54) is 25.3 Å². The second kappa shape index (κ2) is 26.0. The predicted molar refractivity (Wildman–Crippen MR) is 286 cm³/mol. The van der Waals surface area contributed by atoms with Gasteiger partial charge >= 0.3 is 0 Å². The first kappa shape index (κ1) is 56.4. The molecule has 3 aromatic carbocycles. The van der Waals surface area contributed by atoms with Gasteiger partial charge in [-0.25, -0.2) is 4.98 Å². The number of aromatic nitrogens is 2. The third-order valence-electron chi connectivity index (χ3n) is 12.9. The van der Waals surface area contributed by atoms with Crippen LogP contribution < -0.4 is 30.2 Å². The van der Waals surface area contributed by atoms with Crippen molar-refractivity contribution in [1.29, 1.82) is 5.26 Å². The van der Waals surface area contributed by atoms with E-state index in [0.29, 0.717) is 94.3 Å². The molecule has 400 valence electrons. The number of thiazole rings is 1. The monoisotopic (exact) mass is 1090 g/mol. The molecule has 4 heterocycles. The highest BCUT2D eigenvalue weighted by Gasteiger charge is 2.44. The fourth-order valence-electron chi connectivity index (χ4n) is 8.82. The van der Waals surface area contributed by atoms with E-state index < -0.39 is 41.3 Å². The first-order valence-electron chi connectivity index (χ1n) is 24.5. The van der Waals surface area contributed by atoms with Crippen molar-refractivity contribution >= 4 is 80.4 Å². The number of piperazine rings is 1. The number of methoxy groups -OCH3 is 2. The van der Waals surface area contributed by atoms with E-state index in [1.54, 1.807) is 46.0 Å². The number of hydrogen-bond acceptors (Lipinski definition) is 16. The van der Waals surface area contributed by atoms with Crippen LogP contribution in [0.3, 0.4) is 0 Å². The van der Waals surface area contributed by atoms with Gasteiger partial charge in [0.05, 0.1) is 88.7 Å². The number of aliphatic hydroxyl groups excluding tert-OH is 1. The number of benzene rings is 3. The van der Waals surface area contributed by atoms with E-state index in [2.05, 4.69) is 36.9 Å². The molecule has 2 aliphatic rings. The van der Waals surface area contributed by atoms with Gasteiger partial charge in [-0.3, -0.25) is 29.1 Å². The molecule has 2 fully saturated rings. The number of nitrogens with zero attached hydrogens (tertiary/aromatic N) is 6. The van der Waals surface area contributed by atoms with Crippen molar-refractivity contribution in [2.24, 2.45) is 5.41 Å². The number of aliphatic hydroxyl groups is 1. The molecule has 0 radical (unpaired) electrons. The molecule has 7 rings (SSSR count). The summed E-state index contributed by atoms with van der Waals surface area (Å²) in [5.74, 6) is -0.173. The summed E-state index contributed by atoms with van der Waals surface area (Å²) in [7, 11) is 3.04. The molecule has 1 unspecified atom stereocenters. The van der Waals surface area contributed by atoms with Crippen LogP contribution in [0, 0.1) is 23.7 Å². The van der Waals surface area contributed by atoms with Gasteiger partial charge in [-0.15, -0.1) is 11.3 Å². The molecule has 0 saturated carbocycles. The lowest BCUT2D eigenvalue weighted by atomic mass is 9.85. The number of rotatable bonds is 22. The zero-order valence-corrected chi connectivity index (χ0v) is 45.2. The molecule has 0 aliphatic carbocycles. The summed E-state index contributed by atoms with van der Waals surface area (Å²) in [5, 5.41) is 30.8. The highest BCUT2D eigenvalue weighted by molar-refractivity contribution is 7.13. The van der Waals surface area contributed by atoms with Crippen LogP contribution in [-0.4, -0.2) is 158 Å². The Balaban J connectivity index is 0.789. The lowest BCUT2D eigenvalue weighted by molar-refractivity contribution is -0.144. The molecule has 5 aromatic rings. The number of carbonyl (C=O) groups excluding carboxylic acids is 4. The third-order valence-corrected chi connectivity index (χ3v) is 14.5. The van der Waals surface area contributed by atoms with Crippen molar-refractivity contribution in [2.75, 3.05) is 91.8 Å². The molecule has 2 aromatic heterocycles. The Bertz CT molecular complexity index is 2870. The Labute approximate surface area is 450 Å². The molecular formula is C53H63Cl2N9O10S. The standard InChI is InChI=1S/C53H63Cl2N9O10S/c1-32-49(75-31-59-32)34-10-8-33(9-11-34)26-58-51(68)42-20-36(65)28-64(42)52(69)50(53(2,3)4)61-46(66)29-72-18-19-73-30-47(67)63-15-13-62(14-16-63)12-7-17-74-45-23-40-37(21-44(45)71-6)48(35(25-56)27-57-40)60-41-24-43(70-5)39(55)22-38(41)54/h8-11,21-24,27,31,36,42,50,65H,7,12-20,26,28-30H2,1-6H3,(H,57,60)(H,58,68)(H,61,66)/t36-,42+,50?/m1/s1. The van der Waals surface area contributed by atoms with Crippen LogP contribution in [0.15, 0.2) is 60.2 Å². The number of halogens is 2. The molecule has 4 N–H and O–H groups in total. The zero-order valence-electron chi connectivity index (χ0n) is 42.9. The second-order valence-corrected chi connectivity index (χ2v) is 20.9. The van der Waals surface area contributed by atoms with Crippen molar-refractivity contribution in [3.8, 4) is 33.8 Å². The van der Waals surface area contributed by atoms with E-state index >= 15 is 0 Å². The summed E-state index contributed by atoms with van der Waals surface area (Å²) in [4.78, 5) is 68.8. The average Bonchev–Trinajstić information content (AvgIpc) is 4.02. The smallest absolute Gasteiger partial charge is 0.248 e. The van der Waals surface area contributed by atoms with E-state index in [-0.39, 0.29) is 51.8 Å². The van der Waals surface area contributed by atoms with Gasteiger partial charge in [0.25, 0.3) is 0 Å². The Kier molecular flexibility index (Phi) is 19.5. The predicted octanol–water partition coefficient (Wildman–Crippen LogP) is 6.36. The number of fused-ring (bicyclic) bond motifs is 1. The molecule has 75 heavy (non-hydrogen) atoms. The number of anilines is 2. The number of amides is 4. The summed E-state index contributed by atoms with van der Waals surface area (Å²) in [6.45, 7) is 10.8. The minimum atomic E-state index is -1.01. The van der Waals surface area contributed by atoms with E-state index in [9.17, 15) is 29.5 Å². The molecule has 4 amide bonds. The normalized spacial score (nSPS) is 16.3. The molecule has 0 spiro atoms. The van der Waals surface area contributed by atoms with Crippen LogP contribution >= 0.6 is 34.5 Å². The van der Waals surface area contributed by atoms with Crippen LogP contribution in [0.5, 0.6) is 17.2 Å². The van der Waals surface area contributed by atoms with Crippen molar-refractivity contribution in [3.63, 3.8) is 0 Å². The minimum absolute atomic E-state index is 0.0382. The molecule has 3 atom stereocenters. The first-order chi connectivity index (χ1) is 36.0. The van der Waals surface area contributed by atoms with Crippen molar-refractivity contribution in [1.82, 2.24) is 35.3 Å². The Hall–Kier alpha value is -6.31. The summed E-state index contributed by atoms with van der Waals surface area (Å²) >= 11 is 14.3. The van der Waals surface area contributed by atoms with Crippen molar-refractivity contribution < 1.29 is 48.0 Å². The van der Waals surface area contributed by atoms with E-state index in [1.807, 2.05) is 52.0 Å². The molecule has 19 nitrogen and oxygen atoms in total. The van der Waals surface area contributed by atoms with Crippen LogP contribution in [0.25, 0.3) is 21.3 Å². The molecule has 22 heteroatoms. The van der Waals surface area contributed by atoms with Gasteiger partial charge in [0.1, 0.15) is 37.1 Å². The van der Waals surface area contributed by atoms with Gasteiger partial charge < -0.3 is 54.5 Å². The molecule has 2 saturated heterocycles. The summed E-state index contributed by atoms with van der Waals surface area (Å²) in [6, 6.07) is 14.8. The average molecular weight is 1090 g/mol. The molecule has 2 aliphatic heterocycles. The maximum absolute atomic E-state index is 14.0. The number of β-amino-alcohol motifs (C(OH)–C–C–N with tert-alkyl or cyclic N) is 1. The summed E-state index contributed by atoms with van der Waals surface area (Å²) in [5.41, 5.74) is 5.77. The maximum atomic E-state index is 14.0. The highest BCUT2D eigenvalue weighted by atomic mass is 35.5. The van der Waals surface area contributed by atoms with Crippen LogP contribution in [0.2, 0.25) is 10.0 Å². The lowest BCUT2D eigenvalue weighted by Crippen LogP contribution is -2.58. The quantitative estimate of drug-likeness (QED) is 0.0553. The van der Waals surface area contributed by atoms with Gasteiger partial charge in [0.2, 0.25) is 23.6 Å². The van der Waals surface area contributed by atoms with Crippen molar-refractivity contribution in [3.05, 3.63) is 87.1 Å². The highest BCUT2D eigenvalue weighted by Crippen LogP contribution is 2.41. The fourth-order valence-corrected chi connectivity index (χ4v) is 10.1. The molecular weight excluding hydrogens is 1030 g/mol. The topological polar surface area (TPSA) is 230 Å². The fraction of sp³-hybridized carbons (Fsp3) is 0.453. The van der Waals surface area contributed by atoms with E-state index in [4.69, 9.17) is 46.9 Å². The number of pyridine rings is 1. The number of nitrogens with one attached hydrogen (secondary N) is 3. The Morgan fingerprint density at radius 2 is 1.64 bits per heavy atom. The number of likely N-dealkylation sites (tertiary alicyclic amines) is 1. The summed E-state index contributed by atoms with van der Waals surface area (Å²) in [6.07, 6.45) is 1.36. The number of hydrogen-bond donors (Lipinski definition) is 4. The van der Waals surface area contributed by atoms with Gasteiger partial charge in [0, 0.05) is 75.9 Å². The molecule has 0 bridgehead atoms. The van der Waals surface area contributed by atoms with Crippen molar-refractivity contribution in [2.45, 2.75) is 65.3 Å². The SMILES string of the molecule is COc1cc(Nc2c(C#N)cnc3cc(OCCCN4CCN(C(=O)COCCOCC(=O)NC(C(=O)N5C[C@H](O)C[C@H]5C(=O)NCc5ccc(-c6scnc6C)cc5)C(C)(C)C)CC4)c(OC)cc23)c(Cl)cc1Cl. The largest absolute Gasteiger partial charge is 0.495 e. The van der Waals surface area contributed by atoms with Gasteiger partial charge in [-0.2, -0.15) is 5.26 Å². The number of nitriles is 1. The van der Waals surface area contributed by atoms with Gasteiger partial charge in [-0.1, -0.05) is 68.2 Å². The number of carbonyl (C=O) groups is 4. The van der Waals surface area contributed by atoms with Crippen LogP contribution in [0.4, 0.5) is 11.4 Å². The second-order valence-electron chi connectivity index (χ2n) is 19.2.